The Balaban J connectivity index is 1.95. The molecule has 3 nitrogen and oxygen atoms in total. The second-order valence-electron chi connectivity index (χ2n) is 7.55. The standard InChI is InChI=1S/C27H25FN2O/c1-3-24(25-12-11-23(28)15-18(25)2)27(20-8-6-19(7-9-20)5-4-14-31)21-10-13-26-22(16-21)17-29-30-26/h4-13,15-17,31H,3,14H2,1-2H3,(H,29,30)/b5-4+,27-24+. The highest BCUT2D eigenvalue weighted by atomic mass is 19.1. The number of nitrogens with zero attached hydrogens (tertiary/aromatic N) is 1. The number of aliphatic hydroxyl groups is 1. The van der Waals surface area contributed by atoms with Crippen LogP contribution in [0.3, 0.4) is 0 Å². The molecule has 0 aliphatic carbocycles. The van der Waals surface area contributed by atoms with Crippen molar-refractivity contribution in [3.63, 3.8) is 0 Å². The van der Waals surface area contributed by atoms with E-state index in [0.29, 0.717) is 0 Å². The minimum absolute atomic E-state index is 0.0153. The number of H-pyrrole nitrogens is 1. The van der Waals surface area contributed by atoms with Gasteiger partial charge < -0.3 is 5.11 Å². The number of aromatic amines is 1. The van der Waals surface area contributed by atoms with E-state index in [1.165, 1.54) is 11.6 Å². The van der Waals surface area contributed by atoms with Gasteiger partial charge in [-0.05, 0) is 76.6 Å². The Labute approximate surface area is 181 Å². The van der Waals surface area contributed by atoms with E-state index >= 15 is 0 Å². The van der Waals surface area contributed by atoms with Gasteiger partial charge in [0.25, 0.3) is 0 Å². The number of aryl methyl sites for hydroxylation is 1. The summed E-state index contributed by atoms with van der Waals surface area (Å²) in [7, 11) is 0. The van der Waals surface area contributed by atoms with Crippen LogP contribution in [0.4, 0.5) is 4.39 Å². The smallest absolute Gasteiger partial charge is 0.123 e. The molecule has 0 radical (unpaired) electrons. The number of allylic oxidation sites excluding steroid dienone is 1. The average Bonchev–Trinajstić information content (AvgIpc) is 3.25. The molecule has 0 unspecified atom stereocenters. The van der Waals surface area contributed by atoms with Gasteiger partial charge in [0.05, 0.1) is 18.3 Å². The zero-order valence-corrected chi connectivity index (χ0v) is 17.7. The molecule has 0 fully saturated rings. The molecule has 4 aromatic rings. The van der Waals surface area contributed by atoms with Crippen LogP contribution in [-0.4, -0.2) is 21.9 Å². The number of hydrogen-bond donors (Lipinski definition) is 2. The van der Waals surface area contributed by atoms with Gasteiger partial charge in [-0.2, -0.15) is 5.10 Å². The van der Waals surface area contributed by atoms with Crippen molar-refractivity contribution in [2.45, 2.75) is 20.3 Å². The number of fused-ring (bicyclic) bond motifs is 1. The van der Waals surface area contributed by atoms with E-state index in [0.717, 1.165) is 50.7 Å². The average molecular weight is 413 g/mol. The van der Waals surface area contributed by atoms with Crippen molar-refractivity contribution in [2.24, 2.45) is 0 Å². The lowest BCUT2D eigenvalue weighted by molar-refractivity contribution is 0.343. The van der Waals surface area contributed by atoms with Crippen molar-refractivity contribution in [3.8, 4) is 0 Å². The first-order valence-electron chi connectivity index (χ1n) is 10.4. The largest absolute Gasteiger partial charge is 0.392 e. The molecule has 1 heterocycles. The van der Waals surface area contributed by atoms with E-state index in [9.17, 15) is 4.39 Å². The van der Waals surface area contributed by atoms with Crippen molar-refractivity contribution in [3.05, 3.63) is 107 Å². The molecule has 0 saturated carbocycles. The quantitative estimate of drug-likeness (QED) is 0.361. The predicted octanol–water partition coefficient (Wildman–Crippen LogP) is 6.39. The summed E-state index contributed by atoms with van der Waals surface area (Å²) in [6, 6.07) is 19.6. The van der Waals surface area contributed by atoms with Crippen LogP contribution < -0.4 is 0 Å². The fraction of sp³-hybridized carbons (Fsp3) is 0.148. The molecule has 1 aromatic heterocycles. The molecular weight excluding hydrogens is 387 g/mol. The topological polar surface area (TPSA) is 48.9 Å². The first-order valence-corrected chi connectivity index (χ1v) is 10.4. The van der Waals surface area contributed by atoms with Gasteiger partial charge in [-0.3, -0.25) is 5.10 Å². The second kappa shape index (κ2) is 9.11. The third-order valence-corrected chi connectivity index (χ3v) is 5.51. The summed E-state index contributed by atoms with van der Waals surface area (Å²) >= 11 is 0. The summed E-state index contributed by atoms with van der Waals surface area (Å²) in [6.45, 7) is 4.10. The van der Waals surface area contributed by atoms with Crippen molar-refractivity contribution in [1.29, 1.82) is 0 Å². The van der Waals surface area contributed by atoms with Crippen LogP contribution in [0.25, 0.3) is 28.1 Å². The molecule has 0 atom stereocenters. The van der Waals surface area contributed by atoms with Crippen LogP contribution in [0.5, 0.6) is 0 Å². The summed E-state index contributed by atoms with van der Waals surface area (Å²) in [5.74, 6) is -0.224. The maximum Gasteiger partial charge on any atom is 0.123 e. The van der Waals surface area contributed by atoms with Gasteiger partial charge in [-0.15, -0.1) is 0 Å². The highest BCUT2D eigenvalue weighted by Crippen LogP contribution is 2.36. The highest BCUT2D eigenvalue weighted by Gasteiger charge is 2.15. The highest BCUT2D eigenvalue weighted by molar-refractivity contribution is 6.00. The number of nitrogens with one attached hydrogen (secondary N) is 1. The van der Waals surface area contributed by atoms with Crippen LogP contribution in [-0.2, 0) is 0 Å². The summed E-state index contributed by atoms with van der Waals surface area (Å²) in [5, 5.41) is 17.2. The van der Waals surface area contributed by atoms with E-state index in [-0.39, 0.29) is 12.4 Å². The van der Waals surface area contributed by atoms with Crippen LogP contribution in [0.2, 0.25) is 0 Å². The number of aromatic nitrogens is 2. The first kappa shape index (κ1) is 20.8. The normalized spacial score (nSPS) is 12.5. The molecule has 156 valence electrons. The van der Waals surface area contributed by atoms with Gasteiger partial charge in [-0.25, -0.2) is 4.39 Å². The number of rotatable bonds is 6. The van der Waals surface area contributed by atoms with Crippen LogP contribution in [0.15, 0.2) is 72.9 Å². The molecule has 4 rings (SSSR count). The molecule has 3 aromatic carbocycles. The SMILES string of the molecule is CC/C(=C(/c1ccc(/C=C/CO)cc1)c1ccc2[nH]ncc2c1)c1ccc(F)cc1C. The molecule has 0 bridgehead atoms. The molecule has 0 aliphatic heterocycles. The van der Waals surface area contributed by atoms with Crippen LogP contribution >= 0.6 is 0 Å². The lowest BCUT2D eigenvalue weighted by Crippen LogP contribution is -1.97. The number of halogens is 1. The van der Waals surface area contributed by atoms with E-state index in [1.54, 1.807) is 12.1 Å². The molecule has 4 heteroatoms. The Bertz CT molecular complexity index is 1270. The summed E-state index contributed by atoms with van der Waals surface area (Å²) < 4.78 is 13.8. The van der Waals surface area contributed by atoms with Gasteiger partial charge >= 0.3 is 0 Å². The summed E-state index contributed by atoms with van der Waals surface area (Å²) in [6.07, 6.45) is 6.25. The third kappa shape index (κ3) is 4.35. The lowest BCUT2D eigenvalue weighted by atomic mass is 9.86. The molecule has 0 saturated heterocycles. The zero-order chi connectivity index (χ0) is 21.8. The Morgan fingerprint density at radius 3 is 2.52 bits per heavy atom. The van der Waals surface area contributed by atoms with Crippen molar-refractivity contribution in [2.75, 3.05) is 6.61 Å². The Morgan fingerprint density at radius 2 is 1.81 bits per heavy atom. The first-order chi connectivity index (χ1) is 15.1. The Kier molecular flexibility index (Phi) is 6.10. The minimum atomic E-state index is -0.224. The molecule has 0 aliphatic rings. The molecular formula is C27H25FN2O. The lowest BCUT2D eigenvalue weighted by Gasteiger charge is -2.18. The number of hydrogen-bond acceptors (Lipinski definition) is 2. The van der Waals surface area contributed by atoms with E-state index < -0.39 is 0 Å². The molecule has 31 heavy (non-hydrogen) atoms. The van der Waals surface area contributed by atoms with Gasteiger partial charge in [0.15, 0.2) is 0 Å². The third-order valence-electron chi connectivity index (χ3n) is 5.51. The summed E-state index contributed by atoms with van der Waals surface area (Å²) in [4.78, 5) is 0. The van der Waals surface area contributed by atoms with Crippen molar-refractivity contribution < 1.29 is 9.50 Å². The van der Waals surface area contributed by atoms with Gasteiger partial charge in [0.1, 0.15) is 5.82 Å². The van der Waals surface area contributed by atoms with Gasteiger partial charge in [0.2, 0.25) is 0 Å². The van der Waals surface area contributed by atoms with Crippen molar-refractivity contribution >= 4 is 28.1 Å². The van der Waals surface area contributed by atoms with Crippen LogP contribution in [0, 0.1) is 12.7 Å². The predicted molar refractivity (Wildman–Crippen MR) is 126 cm³/mol. The Hall–Kier alpha value is -3.50. The second-order valence-corrected chi connectivity index (χ2v) is 7.55. The van der Waals surface area contributed by atoms with E-state index in [1.807, 2.05) is 43.5 Å². The molecule has 2 N–H and O–H groups in total. The fourth-order valence-electron chi connectivity index (χ4n) is 4.03. The van der Waals surface area contributed by atoms with E-state index in [4.69, 9.17) is 5.11 Å². The Morgan fingerprint density at radius 1 is 1.03 bits per heavy atom. The molecule has 0 spiro atoms. The maximum atomic E-state index is 13.8. The number of aliphatic hydroxyl groups excluding tert-OH is 1. The van der Waals surface area contributed by atoms with Crippen molar-refractivity contribution in [1.82, 2.24) is 10.2 Å². The van der Waals surface area contributed by atoms with E-state index in [2.05, 4.69) is 41.4 Å². The number of benzene rings is 3. The maximum absolute atomic E-state index is 13.8. The minimum Gasteiger partial charge on any atom is -0.392 e. The summed E-state index contributed by atoms with van der Waals surface area (Å²) in [5.41, 5.74) is 8.45. The monoisotopic (exact) mass is 412 g/mol. The fourth-order valence-corrected chi connectivity index (χ4v) is 4.03. The van der Waals surface area contributed by atoms with Crippen LogP contribution in [0.1, 0.15) is 41.2 Å². The van der Waals surface area contributed by atoms with Gasteiger partial charge in [0, 0.05) is 5.39 Å². The zero-order valence-electron chi connectivity index (χ0n) is 17.7. The van der Waals surface area contributed by atoms with Gasteiger partial charge in [-0.1, -0.05) is 55.5 Å². The molecule has 0 amide bonds.